The maximum Gasteiger partial charge on any atom is 0.472 e. The van der Waals surface area contributed by atoms with Crippen LogP contribution in [0.25, 0.3) is 0 Å². The van der Waals surface area contributed by atoms with E-state index in [1.165, 1.54) is 186 Å². The molecule has 0 aliphatic heterocycles. The number of aliphatic hydroxyl groups excluding tert-OH is 1. The summed E-state index contributed by atoms with van der Waals surface area (Å²) in [6, 6.07) is -0.875. The van der Waals surface area contributed by atoms with Gasteiger partial charge in [0, 0.05) is 6.42 Å². The normalized spacial score (nSPS) is 14.4. The number of phosphoric acid groups is 1. The molecule has 452 valence electrons. The van der Waals surface area contributed by atoms with E-state index < -0.39 is 20.0 Å². The van der Waals surface area contributed by atoms with Crippen molar-refractivity contribution in [1.82, 2.24) is 5.32 Å². The van der Waals surface area contributed by atoms with E-state index in [9.17, 15) is 19.4 Å². The minimum Gasteiger partial charge on any atom is -0.387 e. The molecular weight excluding hydrogens is 984 g/mol. The van der Waals surface area contributed by atoms with E-state index in [4.69, 9.17) is 9.05 Å². The highest BCUT2D eigenvalue weighted by atomic mass is 31.2. The lowest BCUT2D eigenvalue weighted by molar-refractivity contribution is -0.870. The number of unbranched alkanes of at least 4 members (excludes halogenated alkanes) is 32. The Hall–Kier alpha value is -2.58. The van der Waals surface area contributed by atoms with Crippen LogP contribution < -0.4 is 5.32 Å². The number of likely N-dealkylation sites (N-methyl/N-ethyl adjacent to an activating group) is 1. The summed E-state index contributed by atoms with van der Waals surface area (Å²) < 4.78 is 23.8. The number of nitrogens with one attached hydrogen (secondary N) is 1. The Kier molecular flexibility index (Phi) is 57.1. The van der Waals surface area contributed by atoms with Crippen molar-refractivity contribution in [2.45, 2.75) is 296 Å². The minimum absolute atomic E-state index is 0.0510. The van der Waals surface area contributed by atoms with Crippen molar-refractivity contribution in [2.24, 2.45) is 0 Å². The predicted octanol–water partition coefficient (Wildman–Crippen LogP) is 20.5. The fourth-order valence-corrected chi connectivity index (χ4v) is 9.96. The zero-order valence-electron chi connectivity index (χ0n) is 51.6. The van der Waals surface area contributed by atoms with Gasteiger partial charge in [-0.05, 0) is 89.9 Å². The first-order valence-electron chi connectivity index (χ1n) is 32.6. The summed E-state index contributed by atoms with van der Waals surface area (Å²) in [5, 5.41) is 14.0. The van der Waals surface area contributed by atoms with Gasteiger partial charge in [-0.25, -0.2) is 4.57 Å². The van der Waals surface area contributed by atoms with Crippen LogP contribution in [0.4, 0.5) is 0 Å². The van der Waals surface area contributed by atoms with Crippen LogP contribution in [0.1, 0.15) is 284 Å². The number of carbonyl (C=O) groups is 1. The van der Waals surface area contributed by atoms with Gasteiger partial charge in [-0.3, -0.25) is 13.8 Å². The first-order chi connectivity index (χ1) is 38.0. The van der Waals surface area contributed by atoms with Gasteiger partial charge >= 0.3 is 7.82 Å². The molecule has 9 heteroatoms. The highest BCUT2D eigenvalue weighted by Crippen LogP contribution is 2.43. The number of aliphatic hydroxyl groups is 1. The van der Waals surface area contributed by atoms with Gasteiger partial charge in [0.25, 0.3) is 0 Å². The molecule has 3 unspecified atom stereocenters. The molecule has 3 atom stereocenters. The van der Waals surface area contributed by atoms with Crippen LogP contribution in [0, 0.1) is 0 Å². The summed E-state index contributed by atoms with van der Waals surface area (Å²) >= 11 is 0. The minimum atomic E-state index is -4.37. The number of allylic oxidation sites excluding steroid dienone is 15. The van der Waals surface area contributed by atoms with Crippen LogP contribution in [-0.2, 0) is 18.4 Å². The maximum absolute atomic E-state index is 13.0. The summed E-state index contributed by atoms with van der Waals surface area (Å²) in [7, 11) is 1.55. The van der Waals surface area contributed by atoms with Crippen LogP contribution in [0.2, 0.25) is 0 Å². The Morgan fingerprint density at radius 1 is 0.449 bits per heavy atom. The van der Waals surface area contributed by atoms with E-state index in [2.05, 4.69) is 104 Å². The average molecular weight is 1110 g/mol. The summed E-state index contributed by atoms with van der Waals surface area (Å²) in [6.07, 6.45) is 85.4. The van der Waals surface area contributed by atoms with Crippen LogP contribution in [0.15, 0.2) is 97.2 Å². The van der Waals surface area contributed by atoms with Crippen LogP contribution in [0.5, 0.6) is 0 Å². The largest absolute Gasteiger partial charge is 0.472 e. The topological polar surface area (TPSA) is 105 Å². The standard InChI is InChI=1S/C69H125N2O6P/c1-6-8-10-12-14-16-18-20-22-24-26-28-30-31-32-33-34-35-36-37-38-39-41-43-45-47-49-51-53-55-57-59-61-63-69(73)70-67(66-77-78(74,75)76-65-64-71(3,4)5)68(72)62-60-58-56-54-52-50-48-46-44-42-40-29-27-25-23-21-19-17-15-13-11-9-7-2/h8,10,14,16,20,22,26,28,31-32,44,46,52,54,60,62,67-68,72H,6-7,9,11-13,15,17-19,21,23-25,27,29-30,33-43,45,47-51,53,55-59,61,63-66H2,1-5H3,(H-,70,73,74,75)/p+1/b10-8-,16-14-,22-20-,28-26-,32-31-,46-44+,54-52+,62-60+. The van der Waals surface area contributed by atoms with Crippen molar-refractivity contribution in [3.8, 4) is 0 Å². The van der Waals surface area contributed by atoms with Gasteiger partial charge in [0.2, 0.25) is 5.91 Å². The molecule has 1 amide bonds. The molecular formula is C69H126N2O6P+. The van der Waals surface area contributed by atoms with E-state index in [0.29, 0.717) is 17.4 Å². The summed E-state index contributed by atoms with van der Waals surface area (Å²) in [5.74, 6) is -0.191. The lowest BCUT2D eigenvalue weighted by Gasteiger charge is -2.25. The second-order valence-electron chi connectivity index (χ2n) is 23.1. The fraction of sp³-hybridized carbons (Fsp3) is 0.754. The van der Waals surface area contributed by atoms with Gasteiger partial charge in [-0.15, -0.1) is 0 Å². The molecule has 0 bridgehead atoms. The third kappa shape index (κ3) is 61.0. The summed E-state index contributed by atoms with van der Waals surface area (Å²) in [5.41, 5.74) is 0. The Morgan fingerprint density at radius 2 is 0.782 bits per heavy atom. The first kappa shape index (κ1) is 75.4. The molecule has 0 saturated heterocycles. The lowest BCUT2D eigenvalue weighted by Crippen LogP contribution is -2.45. The summed E-state index contributed by atoms with van der Waals surface area (Å²) in [4.78, 5) is 23.4. The van der Waals surface area contributed by atoms with Gasteiger partial charge in [0.1, 0.15) is 13.2 Å². The van der Waals surface area contributed by atoms with Crippen molar-refractivity contribution < 1.29 is 32.9 Å². The van der Waals surface area contributed by atoms with Crippen molar-refractivity contribution >= 4 is 13.7 Å². The second kappa shape index (κ2) is 59.1. The number of hydrogen-bond acceptors (Lipinski definition) is 5. The Labute approximate surface area is 483 Å². The van der Waals surface area contributed by atoms with Gasteiger partial charge in [-0.1, -0.05) is 284 Å². The number of quaternary nitrogens is 1. The molecule has 0 saturated carbocycles. The van der Waals surface area contributed by atoms with Gasteiger partial charge in [0.05, 0.1) is 39.9 Å². The Bertz CT molecular complexity index is 1590. The molecule has 0 aliphatic rings. The second-order valence-corrected chi connectivity index (χ2v) is 24.5. The van der Waals surface area contributed by atoms with Crippen LogP contribution >= 0.6 is 7.82 Å². The number of nitrogens with zero attached hydrogens (tertiary/aromatic N) is 1. The molecule has 0 rings (SSSR count). The maximum atomic E-state index is 13.0. The highest BCUT2D eigenvalue weighted by Gasteiger charge is 2.27. The van der Waals surface area contributed by atoms with E-state index in [1.54, 1.807) is 6.08 Å². The average Bonchev–Trinajstić information content (AvgIpc) is 3.41. The van der Waals surface area contributed by atoms with Gasteiger partial charge in [-0.2, -0.15) is 0 Å². The zero-order chi connectivity index (χ0) is 57.0. The van der Waals surface area contributed by atoms with Crippen molar-refractivity contribution in [3.63, 3.8) is 0 Å². The number of rotatable bonds is 59. The Balaban J connectivity index is 4.15. The monoisotopic (exact) mass is 1110 g/mol. The molecule has 0 aromatic carbocycles. The van der Waals surface area contributed by atoms with E-state index in [-0.39, 0.29) is 19.1 Å². The molecule has 0 heterocycles. The number of hydrogen-bond donors (Lipinski definition) is 3. The number of amides is 1. The number of phosphoric ester groups is 1. The Morgan fingerprint density at radius 3 is 1.18 bits per heavy atom. The molecule has 0 aromatic rings. The van der Waals surface area contributed by atoms with Gasteiger partial charge < -0.3 is 19.8 Å². The third-order valence-corrected chi connectivity index (χ3v) is 15.2. The molecule has 0 aliphatic carbocycles. The van der Waals surface area contributed by atoms with Crippen LogP contribution in [0.3, 0.4) is 0 Å². The number of carbonyl (C=O) groups excluding carboxylic acids is 1. The van der Waals surface area contributed by atoms with Gasteiger partial charge in [0.15, 0.2) is 0 Å². The molecule has 0 radical (unpaired) electrons. The zero-order valence-corrected chi connectivity index (χ0v) is 52.5. The lowest BCUT2D eigenvalue weighted by atomic mass is 10.0. The van der Waals surface area contributed by atoms with E-state index >= 15 is 0 Å². The highest BCUT2D eigenvalue weighted by molar-refractivity contribution is 7.47. The van der Waals surface area contributed by atoms with E-state index in [0.717, 1.165) is 77.0 Å². The molecule has 3 N–H and O–H groups in total. The molecule has 0 aromatic heterocycles. The molecule has 0 spiro atoms. The summed E-state index contributed by atoms with van der Waals surface area (Å²) in [6.45, 7) is 4.69. The molecule has 8 nitrogen and oxygen atoms in total. The van der Waals surface area contributed by atoms with Crippen molar-refractivity contribution in [2.75, 3.05) is 40.9 Å². The molecule has 0 fully saturated rings. The smallest absolute Gasteiger partial charge is 0.387 e. The molecule has 78 heavy (non-hydrogen) atoms. The predicted molar refractivity (Wildman–Crippen MR) is 341 cm³/mol. The first-order valence-corrected chi connectivity index (χ1v) is 34.1. The van der Waals surface area contributed by atoms with Crippen molar-refractivity contribution in [3.05, 3.63) is 97.2 Å². The quantitative estimate of drug-likeness (QED) is 0.0243. The van der Waals surface area contributed by atoms with Crippen LogP contribution in [-0.4, -0.2) is 73.4 Å². The van der Waals surface area contributed by atoms with E-state index in [1.807, 2.05) is 27.2 Å². The third-order valence-electron chi connectivity index (χ3n) is 14.3. The fourth-order valence-electron chi connectivity index (χ4n) is 9.22. The SMILES string of the molecule is CC/C=C\C/C=C\C/C=C\C/C=C\C/C=C\CCCCCCCCCCCCCCCCCCCC(=O)NC(COP(=O)(O)OCC[N+](C)(C)C)C(O)/C=C/CC/C=C/CC/C=C/CCCCCCCCCCCCCCC. The van der Waals surface area contributed by atoms with Crippen molar-refractivity contribution in [1.29, 1.82) is 0 Å².